The molecule has 0 radical (unpaired) electrons. The van der Waals surface area contributed by atoms with E-state index in [1.165, 1.54) is 6.07 Å². The van der Waals surface area contributed by atoms with Gasteiger partial charge in [-0.15, -0.1) is 0 Å². The molecule has 6 rings (SSSR count). The van der Waals surface area contributed by atoms with Crippen LogP contribution in [0.5, 0.6) is 0 Å². The minimum atomic E-state index is -0.805. The molecule has 4 aliphatic rings. The van der Waals surface area contributed by atoms with E-state index in [1.807, 2.05) is 38.1 Å². The molecule has 2 N–H and O–H groups in total. The number of rotatable bonds is 5. The van der Waals surface area contributed by atoms with Gasteiger partial charge in [-0.2, -0.15) is 5.26 Å². The molecule has 3 aliphatic heterocycles. The first-order valence-electron chi connectivity index (χ1n) is 12.3. The van der Waals surface area contributed by atoms with Crippen LogP contribution in [0, 0.1) is 23.1 Å². The maximum Gasteiger partial charge on any atom is 0.241 e. The van der Waals surface area contributed by atoms with Crippen molar-refractivity contribution in [1.82, 2.24) is 10.6 Å². The number of anilines is 1. The standard InChI is InChI=1S/C28H31FN4O2/c1-27(2)22-7-6-19(14-24(22)33(3)26(27)35)18-4-5-20(23(29)13-18)12-21(15-30)32-25(34)28-10-8-17(9-11-28)16-31-28/h4-7,13-14,17,21,31H,8-12,16H2,1-3H3,(H,32,34)/t17?,21-,28?/m0/s1. The van der Waals surface area contributed by atoms with Gasteiger partial charge in [0.2, 0.25) is 11.8 Å². The lowest BCUT2D eigenvalue weighted by Crippen LogP contribution is -2.64. The fourth-order valence-electron chi connectivity index (χ4n) is 5.90. The second-order valence-corrected chi connectivity index (χ2v) is 10.8. The Labute approximate surface area is 205 Å². The van der Waals surface area contributed by atoms with Crippen molar-refractivity contribution in [3.8, 4) is 17.2 Å². The lowest BCUT2D eigenvalue weighted by atomic mass is 9.71. The van der Waals surface area contributed by atoms with Crippen LogP contribution in [0.1, 0.15) is 50.7 Å². The first-order valence-corrected chi connectivity index (χ1v) is 12.3. The van der Waals surface area contributed by atoms with Crippen molar-refractivity contribution >= 4 is 17.5 Å². The topological polar surface area (TPSA) is 85.2 Å². The highest BCUT2D eigenvalue weighted by atomic mass is 19.1. The first kappa shape index (κ1) is 23.5. The number of benzene rings is 2. The largest absolute Gasteiger partial charge is 0.338 e. The summed E-state index contributed by atoms with van der Waals surface area (Å²) in [6, 6.07) is 12.0. The molecular weight excluding hydrogens is 443 g/mol. The summed E-state index contributed by atoms with van der Waals surface area (Å²) in [5.74, 6) is 0.101. The number of halogens is 1. The van der Waals surface area contributed by atoms with Crippen molar-refractivity contribution in [3.05, 3.63) is 53.3 Å². The van der Waals surface area contributed by atoms with Gasteiger partial charge in [-0.05, 0) is 86.4 Å². The number of nitrogens with zero attached hydrogens (tertiary/aromatic N) is 2. The van der Waals surface area contributed by atoms with Gasteiger partial charge < -0.3 is 15.5 Å². The normalized spacial score (nSPS) is 25.2. The minimum absolute atomic E-state index is 0.0341. The third-order valence-corrected chi connectivity index (χ3v) is 8.27. The van der Waals surface area contributed by atoms with Crippen LogP contribution in [0.15, 0.2) is 36.4 Å². The maximum absolute atomic E-state index is 15.1. The predicted molar refractivity (Wildman–Crippen MR) is 132 cm³/mol. The van der Waals surface area contributed by atoms with Gasteiger partial charge in [0.05, 0.1) is 17.0 Å². The van der Waals surface area contributed by atoms with E-state index in [1.54, 1.807) is 18.0 Å². The van der Waals surface area contributed by atoms with E-state index in [4.69, 9.17) is 0 Å². The van der Waals surface area contributed by atoms with Crippen molar-refractivity contribution in [2.24, 2.45) is 5.92 Å². The van der Waals surface area contributed by atoms with Gasteiger partial charge in [0.25, 0.3) is 0 Å². The maximum atomic E-state index is 15.1. The third-order valence-electron chi connectivity index (χ3n) is 8.27. The number of nitrogens with one attached hydrogen (secondary N) is 2. The molecule has 2 aromatic carbocycles. The molecule has 1 saturated carbocycles. The van der Waals surface area contributed by atoms with Crippen LogP contribution in [-0.4, -0.2) is 37.0 Å². The number of amides is 2. The van der Waals surface area contributed by atoms with E-state index in [0.717, 1.165) is 49.0 Å². The van der Waals surface area contributed by atoms with Gasteiger partial charge in [0.15, 0.2) is 0 Å². The molecule has 1 atom stereocenters. The Hall–Kier alpha value is -3.24. The highest BCUT2D eigenvalue weighted by Crippen LogP contribution is 2.42. The van der Waals surface area contributed by atoms with Crippen molar-refractivity contribution < 1.29 is 14.0 Å². The third kappa shape index (κ3) is 3.90. The summed E-state index contributed by atoms with van der Waals surface area (Å²) in [5.41, 5.74) is 2.50. The van der Waals surface area contributed by atoms with Gasteiger partial charge in [-0.1, -0.05) is 24.3 Å². The Bertz CT molecular complexity index is 1230. The zero-order valence-electron chi connectivity index (χ0n) is 20.5. The Morgan fingerprint density at radius 1 is 1.23 bits per heavy atom. The zero-order valence-corrected chi connectivity index (χ0v) is 20.5. The van der Waals surface area contributed by atoms with Crippen LogP contribution >= 0.6 is 0 Å². The summed E-state index contributed by atoms with van der Waals surface area (Å²) in [4.78, 5) is 27.2. The Balaban J connectivity index is 1.32. The smallest absolute Gasteiger partial charge is 0.241 e. The van der Waals surface area contributed by atoms with Gasteiger partial charge in [-0.3, -0.25) is 9.59 Å². The molecule has 3 heterocycles. The average Bonchev–Trinajstić information content (AvgIpc) is 3.05. The molecule has 6 nitrogen and oxygen atoms in total. The fraction of sp³-hybridized carbons (Fsp3) is 0.464. The van der Waals surface area contributed by atoms with Gasteiger partial charge in [-0.25, -0.2) is 4.39 Å². The molecule has 1 aliphatic carbocycles. The number of piperidine rings is 2. The van der Waals surface area contributed by atoms with E-state index in [-0.39, 0.29) is 18.2 Å². The molecule has 35 heavy (non-hydrogen) atoms. The minimum Gasteiger partial charge on any atom is -0.338 e. The molecule has 2 saturated heterocycles. The number of hydrogen-bond donors (Lipinski definition) is 2. The molecule has 7 heteroatoms. The fourth-order valence-corrected chi connectivity index (χ4v) is 5.90. The van der Waals surface area contributed by atoms with E-state index < -0.39 is 22.8 Å². The summed E-state index contributed by atoms with van der Waals surface area (Å²) in [6.07, 6.45) is 3.71. The summed E-state index contributed by atoms with van der Waals surface area (Å²) < 4.78 is 15.1. The van der Waals surface area contributed by atoms with Crippen LogP contribution < -0.4 is 15.5 Å². The number of likely N-dealkylation sites (N-methyl/N-ethyl adjacent to an activating group) is 1. The number of carbonyl (C=O) groups is 2. The second kappa shape index (κ2) is 8.46. The van der Waals surface area contributed by atoms with E-state index in [9.17, 15) is 14.9 Å². The van der Waals surface area contributed by atoms with E-state index in [0.29, 0.717) is 17.0 Å². The molecule has 2 aromatic rings. The quantitative estimate of drug-likeness (QED) is 0.690. The molecule has 0 aromatic heterocycles. The molecule has 3 fully saturated rings. The predicted octanol–water partition coefficient (Wildman–Crippen LogP) is 3.83. The summed E-state index contributed by atoms with van der Waals surface area (Å²) in [7, 11) is 1.76. The summed E-state index contributed by atoms with van der Waals surface area (Å²) in [5, 5.41) is 15.9. The van der Waals surface area contributed by atoms with Crippen LogP contribution in [0.4, 0.5) is 10.1 Å². The number of carbonyl (C=O) groups excluding carboxylic acids is 2. The Morgan fingerprint density at radius 2 is 1.91 bits per heavy atom. The van der Waals surface area contributed by atoms with Crippen LogP contribution in [0.3, 0.4) is 0 Å². The zero-order chi connectivity index (χ0) is 25.0. The molecular formula is C28H31FN4O2. The van der Waals surface area contributed by atoms with Crippen molar-refractivity contribution in [2.75, 3.05) is 18.5 Å². The Morgan fingerprint density at radius 3 is 2.54 bits per heavy atom. The molecule has 0 unspecified atom stereocenters. The van der Waals surface area contributed by atoms with Crippen molar-refractivity contribution in [2.45, 2.75) is 62.9 Å². The number of nitriles is 1. The first-order chi connectivity index (χ1) is 16.6. The van der Waals surface area contributed by atoms with E-state index in [2.05, 4.69) is 16.7 Å². The van der Waals surface area contributed by atoms with Gasteiger partial charge in [0.1, 0.15) is 11.9 Å². The SMILES string of the molecule is CN1C(=O)C(C)(C)c2ccc(-c3ccc(C[C@@H](C#N)NC(=O)C45CCC(CC4)CN5)c(F)c3)cc21. The van der Waals surface area contributed by atoms with Gasteiger partial charge >= 0.3 is 0 Å². The van der Waals surface area contributed by atoms with Crippen LogP contribution in [0.25, 0.3) is 11.1 Å². The highest BCUT2D eigenvalue weighted by molar-refractivity contribution is 6.07. The van der Waals surface area contributed by atoms with E-state index >= 15 is 4.39 Å². The average molecular weight is 475 g/mol. The molecule has 182 valence electrons. The lowest BCUT2D eigenvalue weighted by molar-refractivity contribution is -0.131. The van der Waals surface area contributed by atoms with Crippen molar-refractivity contribution in [3.63, 3.8) is 0 Å². The van der Waals surface area contributed by atoms with Crippen molar-refractivity contribution in [1.29, 1.82) is 5.26 Å². The number of fused-ring (bicyclic) bond motifs is 4. The summed E-state index contributed by atoms with van der Waals surface area (Å²) >= 11 is 0. The summed E-state index contributed by atoms with van der Waals surface area (Å²) in [6.45, 7) is 4.65. The van der Waals surface area contributed by atoms with Crippen LogP contribution in [0.2, 0.25) is 0 Å². The number of hydrogen-bond acceptors (Lipinski definition) is 4. The van der Waals surface area contributed by atoms with Gasteiger partial charge in [0, 0.05) is 19.2 Å². The lowest BCUT2D eigenvalue weighted by Gasteiger charge is -2.46. The second-order valence-electron chi connectivity index (χ2n) is 10.8. The molecule has 2 bridgehead atoms. The monoisotopic (exact) mass is 474 g/mol. The van der Waals surface area contributed by atoms with Crippen LogP contribution in [-0.2, 0) is 21.4 Å². The Kier molecular flexibility index (Phi) is 5.68. The molecule has 0 spiro atoms. The molecule has 2 amide bonds. The highest BCUT2D eigenvalue weighted by Gasteiger charge is 2.46.